The molecule has 6 nitrogen and oxygen atoms in total. The van der Waals surface area contributed by atoms with Crippen molar-refractivity contribution in [2.45, 2.75) is 19.5 Å². The predicted octanol–water partition coefficient (Wildman–Crippen LogP) is 2.95. The topological polar surface area (TPSA) is 74.6 Å². The van der Waals surface area contributed by atoms with Gasteiger partial charge in [0.1, 0.15) is 5.76 Å². The largest absolute Gasteiger partial charge is 0.467 e. The number of benzene rings is 1. The van der Waals surface area contributed by atoms with Gasteiger partial charge in [0.05, 0.1) is 19.4 Å². The maximum atomic E-state index is 12.0. The lowest BCUT2D eigenvalue weighted by molar-refractivity contribution is -0.121. The van der Waals surface area contributed by atoms with Gasteiger partial charge in [-0.25, -0.2) is 4.79 Å². The third kappa shape index (κ3) is 5.40. The molecule has 24 heavy (non-hydrogen) atoms. The molecule has 2 aromatic rings. The number of likely N-dealkylation sites (N-methyl/N-ethyl adjacent to an activating group) is 1. The number of carbonyl (C=O) groups excluding carboxylic acids is 2. The van der Waals surface area contributed by atoms with Gasteiger partial charge < -0.3 is 9.73 Å². The molecule has 2 N–H and O–H groups in total. The quantitative estimate of drug-likeness (QED) is 0.840. The number of imide groups is 1. The molecule has 2 rings (SSSR count). The number of urea groups is 1. The Morgan fingerprint density at radius 1 is 1.25 bits per heavy atom. The normalized spacial score (nSPS) is 12.0. The summed E-state index contributed by atoms with van der Waals surface area (Å²) in [6, 6.07) is 10.4. The molecule has 0 saturated heterocycles. The highest BCUT2D eigenvalue weighted by molar-refractivity contribution is 6.30. The number of nitrogens with zero attached hydrogens (tertiary/aromatic N) is 1. The van der Waals surface area contributed by atoms with Crippen molar-refractivity contribution >= 4 is 23.5 Å². The molecule has 0 saturated carbocycles. The van der Waals surface area contributed by atoms with E-state index in [9.17, 15) is 9.59 Å². The van der Waals surface area contributed by atoms with Crippen molar-refractivity contribution in [2.75, 3.05) is 13.6 Å². The van der Waals surface area contributed by atoms with Crippen LogP contribution in [-0.2, 0) is 11.3 Å². The number of halogens is 1. The Bertz CT molecular complexity index is 671. The average Bonchev–Trinajstić information content (AvgIpc) is 3.06. The zero-order valence-electron chi connectivity index (χ0n) is 13.6. The number of nitrogens with one attached hydrogen (secondary N) is 2. The number of furan rings is 1. The highest BCUT2D eigenvalue weighted by atomic mass is 35.5. The Morgan fingerprint density at radius 3 is 2.58 bits per heavy atom. The van der Waals surface area contributed by atoms with Crippen LogP contribution in [0.25, 0.3) is 0 Å². The van der Waals surface area contributed by atoms with Gasteiger partial charge >= 0.3 is 6.03 Å². The van der Waals surface area contributed by atoms with Crippen LogP contribution in [0.5, 0.6) is 0 Å². The van der Waals surface area contributed by atoms with Crippen LogP contribution in [0.2, 0.25) is 5.02 Å². The Labute approximate surface area is 145 Å². The summed E-state index contributed by atoms with van der Waals surface area (Å²) in [5.41, 5.74) is 1.04. The van der Waals surface area contributed by atoms with Gasteiger partial charge in [-0.1, -0.05) is 23.7 Å². The molecule has 0 aliphatic rings. The molecule has 1 aromatic carbocycles. The van der Waals surface area contributed by atoms with Gasteiger partial charge in [-0.05, 0) is 43.8 Å². The Balaban J connectivity index is 1.78. The monoisotopic (exact) mass is 349 g/mol. The smallest absolute Gasteiger partial charge is 0.321 e. The van der Waals surface area contributed by atoms with Gasteiger partial charge in [0, 0.05) is 11.1 Å². The van der Waals surface area contributed by atoms with Crippen LogP contribution < -0.4 is 10.6 Å². The Hall–Kier alpha value is -2.31. The maximum Gasteiger partial charge on any atom is 0.321 e. The SMILES string of the molecule is CC(c1ccc(Cl)cc1)N(C)CC(=O)NC(=O)NCc1ccco1. The second-order valence-corrected chi connectivity index (χ2v) is 5.89. The molecule has 7 heteroatoms. The van der Waals surface area contributed by atoms with Crippen LogP contribution in [0.4, 0.5) is 4.79 Å². The van der Waals surface area contributed by atoms with E-state index in [2.05, 4.69) is 10.6 Å². The minimum Gasteiger partial charge on any atom is -0.467 e. The van der Waals surface area contributed by atoms with Gasteiger partial charge in [-0.15, -0.1) is 0 Å². The Morgan fingerprint density at radius 2 is 1.96 bits per heavy atom. The van der Waals surface area contributed by atoms with E-state index in [0.29, 0.717) is 10.8 Å². The number of hydrogen-bond acceptors (Lipinski definition) is 4. The van der Waals surface area contributed by atoms with Crippen molar-refractivity contribution in [1.29, 1.82) is 0 Å². The number of carbonyl (C=O) groups is 2. The minimum absolute atomic E-state index is 0.0131. The lowest BCUT2D eigenvalue weighted by atomic mass is 10.1. The zero-order chi connectivity index (χ0) is 17.5. The molecular formula is C17H20ClN3O3. The van der Waals surface area contributed by atoms with Crippen LogP contribution in [0, 0.1) is 0 Å². The first-order valence-electron chi connectivity index (χ1n) is 7.51. The lowest BCUT2D eigenvalue weighted by Crippen LogP contribution is -2.43. The van der Waals surface area contributed by atoms with E-state index in [0.717, 1.165) is 5.56 Å². The fourth-order valence-corrected chi connectivity index (χ4v) is 2.28. The first-order valence-corrected chi connectivity index (χ1v) is 7.89. The van der Waals surface area contributed by atoms with E-state index in [1.165, 1.54) is 6.26 Å². The fourth-order valence-electron chi connectivity index (χ4n) is 2.15. The molecule has 3 amide bonds. The maximum absolute atomic E-state index is 12.0. The third-order valence-corrected chi connectivity index (χ3v) is 3.91. The van der Waals surface area contributed by atoms with E-state index < -0.39 is 6.03 Å². The first kappa shape index (κ1) is 18.0. The van der Waals surface area contributed by atoms with E-state index in [-0.39, 0.29) is 25.0 Å². The molecular weight excluding hydrogens is 330 g/mol. The summed E-state index contributed by atoms with van der Waals surface area (Å²) in [5, 5.41) is 5.52. The van der Waals surface area contributed by atoms with Crippen molar-refractivity contribution in [3.05, 3.63) is 59.0 Å². The van der Waals surface area contributed by atoms with Crippen molar-refractivity contribution in [3.8, 4) is 0 Å². The van der Waals surface area contributed by atoms with Crippen LogP contribution in [0.1, 0.15) is 24.3 Å². The molecule has 128 valence electrons. The summed E-state index contributed by atoms with van der Waals surface area (Å²) in [5.74, 6) is 0.237. The summed E-state index contributed by atoms with van der Waals surface area (Å²) in [6.07, 6.45) is 1.52. The highest BCUT2D eigenvalue weighted by Gasteiger charge is 2.16. The molecule has 1 unspecified atom stereocenters. The van der Waals surface area contributed by atoms with Gasteiger partial charge in [-0.2, -0.15) is 0 Å². The van der Waals surface area contributed by atoms with Crippen LogP contribution in [-0.4, -0.2) is 30.4 Å². The summed E-state index contributed by atoms with van der Waals surface area (Å²) in [6.45, 7) is 2.30. The molecule has 0 bridgehead atoms. The molecule has 1 atom stereocenters. The summed E-state index contributed by atoms with van der Waals surface area (Å²) in [7, 11) is 1.82. The lowest BCUT2D eigenvalue weighted by Gasteiger charge is -2.24. The molecule has 0 radical (unpaired) electrons. The van der Waals surface area contributed by atoms with Crippen LogP contribution in [0.3, 0.4) is 0 Å². The number of rotatable bonds is 6. The Kier molecular flexibility index (Phi) is 6.40. The van der Waals surface area contributed by atoms with Crippen LogP contribution >= 0.6 is 11.6 Å². The van der Waals surface area contributed by atoms with Gasteiger partial charge in [0.25, 0.3) is 0 Å². The van der Waals surface area contributed by atoms with Crippen LogP contribution in [0.15, 0.2) is 47.1 Å². The summed E-state index contributed by atoms with van der Waals surface area (Å²) >= 11 is 5.88. The predicted molar refractivity (Wildman–Crippen MR) is 91.6 cm³/mol. The van der Waals surface area contributed by atoms with Crippen molar-refractivity contribution < 1.29 is 14.0 Å². The minimum atomic E-state index is -0.552. The van der Waals surface area contributed by atoms with Gasteiger partial charge in [0.2, 0.25) is 5.91 Å². The van der Waals surface area contributed by atoms with Crippen molar-refractivity contribution in [3.63, 3.8) is 0 Å². The first-order chi connectivity index (χ1) is 11.5. The van der Waals surface area contributed by atoms with E-state index in [1.54, 1.807) is 12.1 Å². The summed E-state index contributed by atoms with van der Waals surface area (Å²) in [4.78, 5) is 25.5. The molecule has 0 spiro atoms. The molecule has 1 heterocycles. The zero-order valence-corrected chi connectivity index (χ0v) is 14.3. The standard InChI is InChI=1S/C17H20ClN3O3/c1-12(13-5-7-14(18)8-6-13)21(2)11-16(22)20-17(23)19-10-15-4-3-9-24-15/h3-9,12H,10-11H2,1-2H3,(H2,19,20,22,23). The highest BCUT2D eigenvalue weighted by Crippen LogP contribution is 2.20. The second-order valence-electron chi connectivity index (χ2n) is 5.45. The average molecular weight is 350 g/mol. The van der Waals surface area contributed by atoms with E-state index in [1.807, 2.05) is 43.1 Å². The number of amides is 3. The molecule has 0 fully saturated rings. The number of hydrogen-bond donors (Lipinski definition) is 2. The van der Waals surface area contributed by atoms with Crippen molar-refractivity contribution in [2.24, 2.45) is 0 Å². The van der Waals surface area contributed by atoms with E-state index >= 15 is 0 Å². The molecule has 0 aliphatic heterocycles. The second kappa shape index (κ2) is 8.52. The van der Waals surface area contributed by atoms with Gasteiger partial charge in [0.15, 0.2) is 0 Å². The fraction of sp³-hybridized carbons (Fsp3) is 0.294. The molecule has 0 aliphatic carbocycles. The van der Waals surface area contributed by atoms with E-state index in [4.69, 9.17) is 16.0 Å². The molecule has 1 aromatic heterocycles. The van der Waals surface area contributed by atoms with Gasteiger partial charge in [-0.3, -0.25) is 15.0 Å². The summed E-state index contributed by atoms with van der Waals surface area (Å²) < 4.78 is 5.10. The van der Waals surface area contributed by atoms with Crippen molar-refractivity contribution in [1.82, 2.24) is 15.5 Å². The third-order valence-electron chi connectivity index (χ3n) is 3.66.